The maximum atomic E-state index is 13.9. The molecule has 146 valence electrons. The molecular weight excluding hydrogens is 439 g/mol. The molecule has 2 aromatic rings. The van der Waals surface area contributed by atoms with Gasteiger partial charge in [0.25, 0.3) is 5.91 Å². The van der Waals surface area contributed by atoms with Gasteiger partial charge < -0.3 is 9.64 Å². The summed E-state index contributed by atoms with van der Waals surface area (Å²) >= 11 is 3.27. The van der Waals surface area contributed by atoms with Crippen molar-refractivity contribution in [2.24, 2.45) is 0 Å². The zero-order chi connectivity index (χ0) is 20.4. The lowest BCUT2D eigenvalue weighted by atomic mass is 10.1. The third-order valence-electron chi connectivity index (χ3n) is 3.93. The number of sulfonamides is 1. The van der Waals surface area contributed by atoms with Gasteiger partial charge in [-0.3, -0.25) is 4.79 Å². The first-order valence-electron chi connectivity index (χ1n) is 7.88. The average molecular weight is 459 g/mol. The minimum Gasteiger partial charge on any atom is -0.495 e. The van der Waals surface area contributed by atoms with E-state index in [-0.39, 0.29) is 22.8 Å². The van der Waals surface area contributed by atoms with Crippen molar-refractivity contribution in [2.45, 2.75) is 11.4 Å². The van der Waals surface area contributed by atoms with Crippen LogP contribution in [0.1, 0.15) is 15.9 Å². The Bertz CT molecular complexity index is 964. The Morgan fingerprint density at radius 1 is 1.15 bits per heavy atom. The van der Waals surface area contributed by atoms with Gasteiger partial charge in [-0.2, -0.15) is 0 Å². The minimum absolute atomic E-state index is 0.0336. The smallest absolute Gasteiger partial charge is 0.253 e. The van der Waals surface area contributed by atoms with Crippen LogP contribution in [0.5, 0.6) is 5.75 Å². The molecule has 0 atom stereocenters. The van der Waals surface area contributed by atoms with Crippen LogP contribution in [0, 0.1) is 5.82 Å². The molecule has 0 saturated carbocycles. The fraction of sp³-hybridized carbons (Fsp3) is 0.278. The van der Waals surface area contributed by atoms with Crippen molar-refractivity contribution in [3.63, 3.8) is 0 Å². The lowest BCUT2D eigenvalue weighted by Gasteiger charge is -2.20. The zero-order valence-corrected chi connectivity index (χ0v) is 17.8. The highest BCUT2D eigenvalue weighted by atomic mass is 79.9. The summed E-state index contributed by atoms with van der Waals surface area (Å²) in [5.41, 5.74) is 0.504. The van der Waals surface area contributed by atoms with Crippen molar-refractivity contribution in [2.75, 3.05) is 28.3 Å². The third kappa shape index (κ3) is 4.66. The van der Waals surface area contributed by atoms with Gasteiger partial charge in [-0.05, 0) is 36.4 Å². The molecule has 0 fully saturated rings. The van der Waals surface area contributed by atoms with Crippen LogP contribution >= 0.6 is 15.9 Å². The van der Waals surface area contributed by atoms with Gasteiger partial charge in [0.1, 0.15) is 16.5 Å². The standard InChI is InChI=1S/C18H20BrFN2O4S/c1-21(2)27(24,25)17-10-12(5-8-16(17)26-4)18(23)22(3)11-13-9-14(19)6-7-15(13)20/h5-10H,11H2,1-4H3. The molecule has 0 aliphatic carbocycles. The summed E-state index contributed by atoms with van der Waals surface area (Å²) in [5.74, 6) is -0.725. The van der Waals surface area contributed by atoms with Crippen molar-refractivity contribution in [3.8, 4) is 5.75 Å². The van der Waals surface area contributed by atoms with E-state index in [9.17, 15) is 17.6 Å². The first-order valence-corrected chi connectivity index (χ1v) is 10.1. The predicted octanol–water partition coefficient (Wildman–Crippen LogP) is 3.12. The number of halogens is 2. The van der Waals surface area contributed by atoms with E-state index in [1.165, 1.54) is 57.4 Å². The number of nitrogens with zero attached hydrogens (tertiary/aromatic N) is 2. The van der Waals surface area contributed by atoms with Crippen molar-refractivity contribution in [1.29, 1.82) is 0 Å². The zero-order valence-electron chi connectivity index (χ0n) is 15.4. The summed E-state index contributed by atoms with van der Waals surface area (Å²) in [6.07, 6.45) is 0. The topological polar surface area (TPSA) is 66.9 Å². The molecule has 27 heavy (non-hydrogen) atoms. The van der Waals surface area contributed by atoms with Gasteiger partial charge in [-0.25, -0.2) is 17.1 Å². The van der Waals surface area contributed by atoms with Gasteiger partial charge in [-0.1, -0.05) is 15.9 Å². The van der Waals surface area contributed by atoms with E-state index in [0.717, 1.165) is 4.31 Å². The SMILES string of the molecule is COc1ccc(C(=O)N(C)Cc2cc(Br)ccc2F)cc1S(=O)(=O)N(C)C. The van der Waals surface area contributed by atoms with Crippen molar-refractivity contribution < 1.29 is 22.3 Å². The minimum atomic E-state index is -3.80. The van der Waals surface area contributed by atoms with Crippen molar-refractivity contribution in [3.05, 3.63) is 57.8 Å². The number of rotatable bonds is 6. The highest BCUT2D eigenvalue weighted by Gasteiger charge is 2.25. The summed E-state index contributed by atoms with van der Waals surface area (Å²) in [6.45, 7) is 0.0336. The molecule has 9 heteroatoms. The summed E-state index contributed by atoms with van der Waals surface area (Å²) in [4.78, 5) is 13.9. The van der Waals surface area contributed by atoms with Gasteiger partial charge >= 0.3 is 0 Å². The van der Waals surface area contributed by atoms with Crippen LogP contribution < -0.4 is 4.74 Å². The molecule has 0 unspecified atom stereocenters. The normalized spacial score (nSPS) is 11.5. The predicted molar refractivity (Wildman–Crippen MR) is 104 cm³/mol. The summed E-state index contributed by atoms with van der Waals surface area (Å²) in [6, 6.07) is 8.65. The van der Waals surface area contributed by atoms with E-state index < -0.39 is 21.7 Å². The molecule has 0 aliphatic heterocycles. The van der Waals surface area contributed by atoms with E-state index in [1.54, 1.807) is 12.1 Å². The van der Waals surface area contributed by atoms with Crippen LogP contribution in [0.2, 0.25) is 0 Å². The van der Waals surface area contributed by atoms with Crippen LogP contribution in [-0.2, 0) is 16.6 Å². The number of methoxy groups -OCH3 is 1. The Labute approximate surface area is 166 Å². The number of amides is 1. The number of hydrogen-bond acceptors (Lipinski definition) is 4. The maximum Gasteiger partial charge on any atom is 0.253 e. The second kappa shape index (κ2) is 8.37. The van der Waals surface area contributed by atoms with Crippen LogP contribution in [0.4, 0.5) is 4.39 Å². The number of benzene rings is 2. The molecule has 0 radical (unpaired) electrons. The van der Waals surface area contributed by atoms with Crippen LogP contribution in [-0.4, -0.2) is 51.8 Å². The Kier molecular flexibility index (Phi) is 6.61. The fourth-order valence-corrected chi connectivity index (χ4v) is 3.90. The summed E-state index contributed by atoms with van der Waals surface area (Å²) < 4.78 is 45.8. The first-order chi connectivity index (χ1) is 12.6. The molecular formula is C18H20BrFN2O4S. The van der Waals surface area contributed by atoms with E-state index >= 15 is 0 Å². The quantitative estimate of drug-likeness (QED) is 0.666. The van der Waals surface area contributed by atoms with E-state index in [1.807, 2.05) is 0 Å². The fourth-order valence-electron chi connectivity index (χ4n) is 2.42. The summed E-state index contributed by atoms with van der Waals surface area (Å²) in [5, 5.41) is 0. The van der Waals surface area contributed by atoms with E-state index in [4.69, 9.17) is 4.74 Å². The monoisotopic (exact) mass is 458 g/mol. The highest BCUT2D eigenvalue weighted by molar-refractivity contribution is 9.10. The Morgan fingerprint density at radius 2 is 1.81 bits per heavy atom. The van der Waals surface area contributed by atoms with Crippen LogP contribution in [0.3, 0.4) is 0 Å². The second-order valence-electron chi connectivity index (χ2n) is 6.05. The molecule has 2 rings (SSSR count). The lowest BCUT2D eigenvalue weighted by molar-refractivity contribution is 0.0783. The molecule has 0 spiro atoms. The maximum absolute atomic E-state index is 13.9. The first kappa shape index (κ1) is 21.3. The highest BCUT2D eigenvalue weighted by Crippen LogP contribution is 2.27. The van der Waals surface area contributed by atoms with Gasteiger partial charge in [0, 0.05) is 43.3 Å². The van der Waals surface area contributed by atoms with Gasteiger partial charge in [0.15, 0.2) is 0 Å². The largest absolute Gasteiger partial charge is 0.495 e. The molecule has 6 nitrogen and oxygen atoms in total. The van der Waals surface area contributed by atoms with E-state index in [0.29, 0.717) is 10.0 Å². The third-order valence-corrected chi connectivity index (χ3v) is 6.26. The van der Waals surface area contributed by atoms with Gasteiger partial charge in [0.05, 0.1) is 7.11 Å². The molecule has 2 aromatic carbocycles. The second-order valence-corrected chi connectivity index (χ2v) is 9.09. The number of carbonyl (C=O) groups is 1. The molecule has 0 N–H and O–H groups in total. The van der Waals surface area contributed by atoms with Crippen molar-refractivity contribution >= 4 is 31.9 Å². The molecule has 0 saturated heterocycles. The molecule has 0 heterocycles. The number of ether oxygens (including phenoxy) is 1. The van der Waals surface area contributed by atoms with Crippen molar-refractivity contribution in [1.82, 2.24) is 9.21 Å². The Morgan fingerprint density at radius 3 is 2.41 bits per heavy atom. The van der Waals surface area contributed by atoms with Crippen LogP contribution in [0.25, 0.3) is 0 Å². The number of carbonyl (C=O) groups excluding carboxylic acids is 1. The molecule has 0 aromatic heterocycles. The van der Waals surface area contributed by atoms with Gasteiger partial charge in [0.2, 0.25) is 10.0 Å². The Hall–Kier alpha value is -1.97. The van der Waals surface area contributed by atoms with Gasteiger partial charge in [-0.15, -0.1) is 0 Å². The van der Waals surface area contributed by atoms with E-state index in [2.05, 4.69) is 15.9 Å². The average Bonchev–Trinajstić information content (AvgIpc) is 2.63. The van der Waals surface area contributed by atoms with Crippen LogP contribution in [0.15, 0.2) is 45.8 Å². The molecule has 1 amide bonds. The molecule has 0 bridgehead atoms. The molecule has 0 aliphatic rings. The number of hydrogen-bond donors (Lipinski definition) is 0. The lowest BCUT2D eigenvalue weighted by Crippen LogP contribution is -2.27. The Balaban J connectivity index is 2.37. The summed E-state index contributed by atoms with van der Waals surface area (Å²) in [7, 11) is 1.86.